The van der Waals surface area contributed by atoms with Gasteiger partial charge in [-0.1, -0.05) is 19.1 Å². The summed E-state index contributed by atoms with van der Waals surface area (Å²) < 4.78 is 42.3. The van der Waals surface area contributed by atoms with Gasteiger partial charge >= 0.3 is 6.18 Å². The van der Waals surface area contributed by atoms with Crippen LogP contribution in [0.3, 0.4) is 0 Å². The summed E-state index contributed by atoms with van der Waals surface area (Å²) in [7, 11) is 1.57. The molecule has 1 amide bonds. The zero-order valence-corrected chi connectivity index (χ0v) is 16.7. The lowest BCUT2D eigenvalue weighted by Gasteiger charge is -2.16. The average molecular weight is 402 g/mol. The van der Waals surface area contributed by atoms with Gasteiger partial charge in [-0.3, -0.25) is 9.79 Å². The summed E-state index contributed by atoms with van der Waals surface area (Å²) in [5.74, 6) is 0.561. The molecule has 0 aliphatic rings. The number of carbonyl (C=O) groups excluding carboxylic acids is 1. The molecule has 0 saturated carbocycles. The van der Waals surface area contributed by atoms with Gasteiger partial charge in [0.15, 0.2) is 12.6 Å². The van der Waals surface area contributed by atoms with E-state index in [1.54, 1.807) is 32.2 Å². The van der Waals surface area contributed by atoms with E-state index < -0.39 is 12.8 Å². The van der Waals surface area contributed by atoms with Gasteiger partial charge in [0.2, 0.25) is 5.91 Å². The highest BCUT2D eigenvalue weighted by molar-refractivity contribution is 5.81. The maximum absolute atomic E-state index is 12.4. The predicted octanol–water partition coefficient (Wildman–Crippen LogP) is 2.91. The molecule has 1 aromatic carbocycles. The zero-order chi connectivity index (χ0) is 21.2. The molecule has 3 N–H and O–H groups in total. The summed E-state index contributed by atoms with van der Waals surface area (Å²) in [6.45, 7) is 4.97. The molecule has 0 heterocycles. The van der Waals surface area contributed by atoms with Crippen molar-refractivity contribution in [3.8, 4) is 5.75 Å². The Balaban J connectivity index is 2.56. The molecule has 28 heavy (non-hydrogen) atoms. The van der Waals surface area contributed by atoms with Crippen molar-refractivity contribution in [1.82, 2.24) is 16.0 Å². The van der Waals surface area contributed by atoms with Gasteiger partial charge in [0, 0.05) is 38.2 Å². The van der Waals surface area contributed by atoms with Gasteiger partial charge in [-0.2, -0.15) is 13.2 Å². The van der Waals surface area contributed by atoms with Gasteiger partial charge in [0.05, 0.1) is 0 Å². The molecule has 6 nitrogen and oxygen atoms in total. The largest absolute Gasteiger partial charge is 0.484 e. The van der Waals surface area contributed by atoms with Gasteiger partial charge in [-0.25, -0.2) is 0 Å². The normalized spacial score (nSPS) is 13.0. The van der Waals surface area contributed by atoms with E-state index in [-0.39, 0.29) is 30.7 Å². The number of guanidine groups is 1. The highest BCUT2D eigenvalue weighted by atomic mass is 19.4. The minimum atomic E-state index is -4.40. The molecule has 0 spiro atoms. The Morgan fingerprint density at radius 3 is 2.61 bits per heavy atom. The molecule has 1 rings (SSSR count). The molecular formula is C19H29F3N4O2. The number of hydrogen-bond donors (Lipinski definition) is 3. The summed E-state index contributed by atoms with van der Waals surface area (Å²) in [6, 6.07) is 5.20. The first kappa shape index (κ1) is 23.6. The zero-order valence-electron chi connectivity index (χ0n) is 16.7. The fraction of sp³-hybridized carbons (Fsp3) is 0.579. The summed E-state index contributed by atoms with van der Waals surface area (Å²) in [5, 5.41) is 8.89. The number of aliphatic imine (C=N–C) groups is 1. The lowest BCUT2D eigenvalue weighted by molar-refractivity contribution is -0.153. The van der Waals surface area contributed by atoms with E-state index in [0.717, 1.165) is 12.0 Å². The van der Waals surface area contributed by atoms with Crippen LogP contribution in [0.1, 0.15) is 37.8 Å². The van der Waals surface area contributed by atoms with Crippen molar-refractivity contribution >= 4 is 11.9 Å². The molecule has 0 aliphatic heterocycles. The van der Waals surface area contributed by atoms with Crippen LogP contribution in [0.4, 0.5) is 13.2 Å². The standard InChI is InChI=1S/C19H29F3N4O2/c1-5-14(3)26-17(27)8-9-24-18(23-4)25-11-15-7-6-13(2)10-16(15)28-12-19(20,21)22/h6-7,10,14H,5,8-9,11-12H2,1-4H3,(H,26,27)(H2,23,24,25). The Bertz CT molecular complexity index is 663. The quantitative estimate of drug-likeness (QED) is 0.439. The van der Waals surface area contributed by atoms with Crippen LogP contribution in [0.5, 0.6) is 5.75 Å². The first-order valence-corrected chi connectivity index (χ1v) is 9.17. The molecule has 0 radical (unpaired) electrons. The van der Waals surface area contributed by atoms with E-state index in [9.17, 15) is 18.0 Å². The van der Waals surface area contributed by atoms with Crippen LogP contribution in [0, 0.1) is 6.92 Å². The van der Waals surface area contributed by atoms with Crippen LogP contribution in [0.15, 0.2) is 23.2 Å². The third-order valence-electron chi connectivity index (χ3n) is 3.95. The van der Waals surface area contributed by atoms with E-state index in [0.29, 0.717) is 18.1 Å². The summed E-state index contributed by atoms with van der Waals surface area (Å²) in [5.41, 5.74) is 1.38. The number of nitrogens with one attached hydrogen (secondary N) is 3. The van der Waals surface area contributed by atoms with Gasteiger partial charge in [0.1, 0.15) is 5.75 Å². The van der Waals surface area contributed by atoms with Crippen molar-refractivity contribution in [1.29, 1.82) is 0 Å². The summed E-state index contributed by atoms with van der Waals surface area (Å²) >= 11 is 0. The number of nitrogens with zero attached hydrogens (tertiary/aromatic N) is 1. The minimum absolute atomic E-state index is 0.0568. The molecule has 9 heteroatoms. The monoisotopic (exact) mass is 402 g/mol. The van der Waals surface area contributed by atoms with E-state index in [2.05, 4.69) is 20.9 Å². The second-order valence-corrected chi connectivity index (χ2v) is 6.49. The lowest BCUT2D eigenvalue weighted by atomic mass is 10.1. The summed E-state index contributed by atoms with van der Waals surface area (Å²) in [4.78, 5) is 15.8. The molecule has 0 bridgehead atoms. The number of rotatable bonds is 9. The minimum Gasteiger partial charge on any atom is -0.484 e. The van der Waals surface area contributed by atoms with Crippen molar-refractivity contribution < 1.29 is 22.7 Å². The third-order valence-corrected chi connectivity index (χ3v) is 3.95. The molecule has 1 aromatic rings. The first-order chi connectivity index (χ1) is 13.1. The fourth-order valence-electron chi connectivity index (χ4n) is 2.24. The van der Waals surface area contributed by atoms with Crippen molar-refractivity contribution in [2.75, 3.05) is 20.2 Å². The number of halogens is 3. The Morgan fingerprint density at radius 1 is 1.29 bits per heavy atom. The number of hydrogen-bond acceptors (Lipinski definition) is 3. The number of ether oxygens (including phenoxy) is 1. The van der Waals surface area contributed by atoms with Crippen LogP contribution < -0.4 is 20.7 Å². The van der Waals surface area contributed by atoms with Gasteiger partial charge in [0.25, 0.3) is 0 Å². The second-order valence-electron chi connectivity index (χ2n) is 6.49. The molecule has 1 unspecified atom stereocenters. The number of aryl methyl sites for hydroxylation is 1. The van der Waals surface area contributed by atoms with Crippen LogP contribution >= 0.6 is 0 Å². The topological polar surface area (TPSA) is 74.8 Å². The van der Waals surface area contributed by atoms with E-state index in [4.69, 9.17) is 4.74 Å². The Labute approximate surface area is 163 Å². The molecule has 0 aliphatic carbocycles. The molecule has 158 valence electrons. The predicted molar refractivity (Wildman–Crippen MR) is 103 cm³/mol. The van der Waals surface area contributed by atoms with Gasteiger partial charge < -0.3 is 20.7 Å². The van der Waals surface area contributed by atoms with Crippen molar-refractivity contribution in [2.24, 2.45) is 4.99 Å². The molecule has 0 fully saturated rings. The fourth-order valence-corrected chi connectivity index (χ4v) is 2.24. The SMILES string of the molecule is CCC(C)NC(=O)CCNC(=NC)NCc1ccc(C)cc1OCC(F)(F)F. The van der Waals surface area contributed by atoms with E-state index in [1.165, 1.54) is 0 Å². The van der Waals surface area contributed by atoms with Crippen molar-refractivity contribution in [3.63, 3.8) is 0 Å². The van der Waals surface area contributed by atoms with Crippen LogP contribution in [0.25, 0.3) is 0 Å². The van der Waals surface area contributed by atoms with E-state index >= 15 is 0 Å². The number of carbonyl (C=O) groups is 1. The molecule has 0 saturated heterocycles. The number of benzene rings is 1. The summed E-state index contributed by atoms with van der Waals surface area (Å²) in [6.07, 6.45) is -3.25. The third kappa shape index (κ3) is 9.48. The Hall–Kier alpha value is -2.45. The number of alkyl halides is 3. The van der Waals surface area contributed by atoms with Crippen molar-refractivity contribution in [2.45, 2.75) is 52.4 Å². The maximum atomic E-state index is 12.4. The molecular weight excluding hydrogens is 373 g/mol. The maximum Gasteiger partial charge on any atom is 0.422 e. The van der Waals surface area contributed by atoms with Crippen LogP contribution in [-0.2, 0) is 11.3 Å². The van der Waals surface area contributed by atoms with Crippen LogP contribution in [0.2, 0.25) is 0 Å². The highest BCUT2D eigenvalue weighted by Gasteiger charge is 2.28. The number of amides is 1. The smallest absolute Gasteiger partial charge is 0.422 e. The van der Waals surface area contributed by atoms with Crippen LogP contribution in [-0.4, -0.2) is 44.3 Å². The lowest BCUT2D eigenvalue weighted by Crippen LogP contribution is -2.40. The molecule has 1 atom stereocenters. The van der Waals surface area contributed by atoms with Gasteiger partial charge in [-0.05, 0) is 31.9 Å². The Kier molecular flexibility index (Phi) is 9.61. The second kappa shape index (κ2) is 11.4. The van der Waals surface area contributed by atoms with Gasteiger partial charge in [-0.15, -0.1) is 0 Å². The average Bonchev–Trinajstić information content (AvgIpc) is 2.63. The Morgan fingerprint density at radius 2 is 2.00 bits per heavy atom. The highest BCUT2D eigenvalue weighted by Crippen LogP contribution is 2.23. The van der Waals surface area contributed by atoms with E-state index in [1.807, 2.05) is 13.8 Å². The first-order valence-electron chi connectivity index (χ1n) is 9.17. The van der Waals surface area contributed by atoms with Crippen molar-refractivity contribution in [3.05, 3.63) is 29.3 Å². The molecule has 0 aromatic heterocycles.